The van der Waals surface area contributed by atoms with Crippen LogP contribution in [-0.4, -0.2) is 25.5 Å². The van der Waals surface area contributed by atoms with Gasteiger partial charge in [0.1, 0.15) is 11.5 Å². The first kappa shape index (κ1) is 15.3. The number of carbonyl (C=O) groups excluding carboxylic acids is 2. The smallest absolute Gasteiger partial charge is 0.338 e. The van der Waals surface area contributed by atoms with Gasteiger partial charge in [0.2, 0.25) is 0 Å². The van der Waals surface area contributed by atoms with Gasteiger partial charge in [-0.05, 0) is 50.5 Å². The Morgan fingerprint density at radius 2 is 2.00 bits per heavy atom. The monoisotopic (exact) mass is 313 g/mol. The number of anilines is 1. The Kier molecular flexibility index (Phi) is 3.94. The second-order valence-electron chi connectivity index (χ2n) is 5.68. The van der Waals surface area contributed by atoms with Gasteiger partial charge >= 0.3 is 5.97 Å². The molecule has 0 bridgehead atoms. The molecule has 3 rings (SSSR count). The van der Waals surface area contributed by atoms with Gasteiger partial charge in [-0.3, -0.25) is 4.79 Å². The minimum atomic E-state index is -0.369. The zero-order valence-electron chi connectivity index (χ0n) is 13.5. The second-order valence-corrected chi connectivity index (χ2v) is 5.68. The fourth-order valence-electron chi connectivity index (χ4n) is 3.13. The highest BCUT2D eigenvalue weighted by molar-refractivity contribution is 6.08. The Labute approximate surface area is 134 Å². The molecule has 1 aromatic heterocycles. The van der Waals surface area contributed by atoms with Crippen molar-refractivity contribution >= 4 is 17.6 Å². The molecule has 0 atom stereocenters. The molecule has 0 unspecified atom stereocenters. The number of hydrogen-bond donors (Lipinski definition) is 0. The van der Waals surface area contributed by atoms with Gasteiger partial charge in [-0.2, -0.15) is 0 Å². The summed E-state index contributed by atoms with van der Waals surface area (Å²) in [7, 11) is 1.37. The molecule has 2 aromatic rings. The van der Waals surface area contributed by atoms with E-state index >= 15 is 0 Å². The van der Waals surface area contributed by atoms with E-state index in [4.69, 9.17) is 9.15 Å². The quantitative estimate of drug-likeness (QED) is 0.798. The molecular weight excluding hydrogens is 294 g/mol. The van der Waals surface area contributed by atoms with Crippen LogP contribution in [0.2, 0.25) is 0 Å². The van der Waals surface area contributed by atoms with Crippen LogP contribution in [0.25, 0.3) is 0 Å². The SMILES string of the molecule is COC(=O)c1cccc2c1CCCN2C(=O)c1cc(C)oc1C. The highest BCUT2D eigenvalue weighted by Gasteiger charge is 2.28. The molecule has 0 fully saturated rings. The highest BCUT2D eigenvalue weighted by Crippen LogP contribution is 2.32. The zero-order chi connectivity index (χ0) is 16.6. The molecule has 0 aliphatic carbocycles. The number of ether oxygens (including phenoxy) is 1. The fraction of sp³-hybridized carbons (Fsp3) is 0.333. The van der Waals surface area contributed by atoms with Gasteiger partial charge in [-0.1, -0.05) is 6.07 Å². The number of amides is 1. The summed E-state index contributed by atoms with van der Waals surface area (Å²) < 4.78 is 10.3. The number of furan rings is 1. The van der Waals surface area contributed by atoms with Gasteiger partial charge in [0.25, 0.3) is 5.91 Å². The summed E-state index contributed by atoms with van der Waals surface area (Å²) in [4.78, 5) is 26.6. The van der Waals surface area contributed by atoms with Gasteiger partial charge in [-0.25, -0.2) is 4.79 Å². The van der Waals surface area contributed by atoms with E-state index in [-0.39, 0.29) is 11.9 Å². The summed E-state index contributed by atoms with van der Waals surface area (Å²) in [6, 6.07) is 7.16. The van der Waals surface area contributed by atoms with Crippen molar-refractivity contribution < 1.29 is 18.7 Å². The summed E-state index contributed by atoms with van der Waals surface area (Å²) in [6.45, 7) is 4.24. The molecule has 1 aromatic carbocycles. The summed E-state index contributed by atoms with van der Waals surface area (Å²) in [5.41, 5.74) is 2.75. The summed E-state index contributed by atoms with van der Waals surface area (Å²) in [5, 5.41) is 0. The topological polar surface area (TPSA) is 59.8 Å². The second kappa shape index (κ2) is 5.91. The maximum Gasteiger partial charge on any atom is 0.338 e. The molecule has 1 aliphatic rings. The number of methoxy groups -OCH3 is 1. The van der Waals surface area contributed by atoms with Crippen LogP contribution in [0.15, 0.2) is 28.7 Å². The molecule has 5 nitrogen and oxygen atoms in total. The third-order valence-electron chi connectivity index (χ3n) is 4.17. The number of hydrogen-bond acceptors (Lipinski definition) is 4. The van der Waals surface area contributed by atoms with Crippen molar-refractivity contribution in [3.05, 3.63) is 52.5 Å². The molecule has 2 heterocycles. The Bertz CT molecular complexity index is 775. The number of benzene rings is 1. The van der Waals surface area contributed by atoms with E-state index in [0.717, 1.165) is 24.1 Å². The Hall–Kier alpha value is -2.56. The minimum Gasteiger partial charge on any atom is -0.466 e. The first-order chi connectivity index (χ1) is 11.0. The molecule has 120 valence electrons. The van der Waals surface area contributed by atoms with Gasteiger partial charge in [0, 0.05) is 12.2 Å². The van der Waals surface area contributed by atoms with Crippen molar-refractivity contribution in [1.82, 2.24) is 0 Å². The molecule has 0 N–H and O–H groups in total. The van der Waals surface area contributed by atoms with Crippen LogP contribution in [0, 0.1) is 13.8 Å². The standard InChI is InChI=1S/C18H19NO4/c1-11-10-15(12(2)23-11)17(20)19-9-5-7-13-14(18(21)22-3)6-4-8-16(13)19/h4,6,8,10H,5,7,9H2,1-3H3. The third-order valence-corrected chi connectivity index (χ3v) is 4.17. The van der Waals surface area contributed by atoms with Crippen molar-refractivity contribution in [3.63, 3.8) is 0 Å². The van der Waals surface area contributed by atoms with Crippen LogP contribution < -0.4 is 4.90 Å². The third kappa shape index (κ3) is 2.63. The summed E-state index contributed by atoms with van der Waals surface area (Å²) >= 11 is 0. The van der Waals surface area contributed by atoms with Gasteiger partial charge < -0.3 is 14.1 Å². The molecule has 23 heavy (non-hydrogen) atoms. The highest BCUT2D eigenvalue weighted by atomic mass is 16.5. The van der Waals surface area contributed by atoms with E-state index in [1.807, 2.05) is 13.0 Å². The van der Waals surface area contributed by atoms with Crippen LogP contribution in [-0.2, 0) is 11.2 Å². The fourth-order valence-corrected chi connectivity index (χ4v) is 3.13. The maximum absolute atomic E-state index is 12.9. The number of fused-ring (bicyclic) bond motifs is 1. The molecule has 0 saturated carbocycles. The molecule has 0 radical (unpaired) electrons. The number of aryl methyl sites for hydroxylation is 2. The zero-order valence-corrected chi connectivity index (χ0v) is 13.5. The first-order valence-electron chi connectivity index (χ1n) is 7.62. The predicted molar refractivity (Wildman–Crippen MR) is 86.0 cm³/mol. The van der Waals surface area contributed by atoms with E-state index < -0.39 is 0 Å². The predicted octanol–water partition coefficient (Wildman–Crippen LogP) is 3.28. The number of rotatable bonds is 2. The Balaban J connectivity index is 2.04. The van der Waals surface area contributed by atoms with E-state index in [2.05, 4.69) is 0 Å². The Morgan fingerprint density at radius 3 is 2.65 bits per heavy atom. The van der Waals surface area contributed by atoms with E-state index in [0.29, 0.717) is 29.2 Å². The van der Waals surface area contributed by atoms with Crippen LogP contribution in [0.4, 0.5) is 5.69 Å². The van der Waals surface area contributed by atoms with Gasteiger partial charge in [-0.15, -0.1) is 0 Å². The van der Waals surface area contributed by atoms with E-state index in [1.165, 1.54) is 7.11 Å². The Morgan fingerprint density at radius 1 is 1.22 bits per heavy atom. The first-order valence-corrected chi connectivity index (χ1v) is 7.62. The van der Waals surface area contributed by atoms with Crippen molar-refractivity contribution in [2.75, 3.05) is 18.6 Å². The lowest BCUT2D eigenvalue weighted by molar-refractivity contribution is 0.0599. The van der Waals surface area contributed by atoms with E-state index in [9.17, 15) is 9.59 Å². The normalized spacial score (nSPS) is 13.6. The largest absolute Gasteiger partial charge is 0.466 e. The maximum atomic E-state index is 12.9. The van der Waals surface area contributed by atoms with E-state index in [1.54, 1.807) is 30.0 Å². The minimum absolute atomic E-state index is 0.0951. The number of nitrogens with zero attached hydrogens (tertiary/aromatic N) is 1. The molecule has 0 saturated heterocycles. The van der Waals surface area contributed by atoms with Crippen LogP contribution in [0.3, 0.4) is 0 Å². The van der Waals surface area contributed by atoms with Crippen molar-refractivity contribution in [1.29, 1.82) is 0 Å². The van der Waals surface area contributed by atoms with Crippen molar-refractivity contribution in [3.8, 4) is 0 Å². The molecule has 1 aliphatic heterocycles. The van der Waals surface area contributed by atoms with Crippen LogP contribution in [0.1, 0.15) is 44.2 Å². The lowest BCUT2D eigenvalue weighted by atomic mass is 9.95. The lowest BCUT2D eigenvalue weighted by Crippen LogP contribution is -2.36. The average Bonchev–Trinajstić information content (AvgIpc) is 2.90. The number of esters is 1. The van der Waals surface area contributed by atoms with Gasteiger partial charge in [0.05, 0.1) is 18.2 Å². The summed E-state index contributed by atoms with van der Waals surface area (Å²) in [6.07, 6.45) is 1.57. The van der Waals surface area contributed by atoms with Crippen LogP contribution >= 0.6 is 0 Å². The lowest BCUT2D eigenvalue weighted by Gasteiger charge is -2.30. The van der Waals surface area contributed by atoms with Gasteiger partial charge in [0.15, 0.2) is 0 Å². The van der Waals surface area contributed by atoms with Crippen molar-refractivity contribution in [2.45, 2.75) is 26.7 Å². The van der Waals surface area contributed by atoms with Crippen LogP contribution in [0.5, 0.6) is 0 Å². The molecule has 1 amide bonds. The number of carbonyl (C=O) groups is 2. The molecule has 5 heteroatoms. The van der Waals surface area contributed by atoms with Crippen molar-refractivity contribution in [2.24, 2.45) is 0 Å². The summed E-state index contributed by atoms with van der Waals surface area (Å²) in [5.74, 6) is 0.865. The average molecular weight is 313 g/mol. The molecular formula is C18H19NO4. The molecule has 0 spiro atoms.